The van der Waals surface area contributed by atoms with E-state index in [4.69, 9.17) is 14.6 Å². The van der Waals surface area contributed by atoms with E-state index in [1.54, 1.807) is 14.2 Å². The lowest BCUT2D eigenvalue weighted by atomic mass is 9.73. The minimum absolute atomic E-state index is 0.0404. The van der Waals surface area contributed by atoms with Crippen molar-refractivity contribution in [2.75, 3.05) is 19.2 Å². The molecule has 1 saturated carbocycles. The summed E-state index contributed by atoms with van der Waals surface area (Å²) in [4.78, 5) is 17.6. The summed E-state index contributed by atoms with van der Waals surface area (Å²) in [7, 11) is 3.25. The van der Waals surface area contributed by atoms with E-state index in [0.717, 1.165) is 42.0 Å². The summed E-state index contributed by atoms with van der Waals surface area (Å²) in [5.41, 5.74) is 1.90. The fraction of sp³-hybridized carbons (Fsp3) is 0.450. The molecule has 7 heteroatoms. The molecule has 2 atom stereocenters. The molecule has 0 bridgehead atoms. The third-order valence-corrected chi connectivity index (χ3v) is 6.12. The van der Waals surface area contributed by atoms with Crippen molar-refractivity contribution < 1.29 is 14.3 Å². The number of methoxy groups -OCH3 is 2. The van der Waals surface area contributed by atoms with Crippen LogP contribution in [-0.2, 0) is 4.79 Å². The monoisotopic (exact) mass is 385 g/mol. The van der Waals surface area contributed by atoms with Crippen LogP contribution in [0.3, 0.4) is 0 Å². The van der Waals surface area contributed by atoms with Crippen LogP contribution in [0.4, 0.5) is 5.82 Å². The van der Waals surface area contributed by atoms with Gasteiger partial charge in [0.2, 0.25) is 0 Å². The Morgan fingerprint density at radius 1 is 1.11 bits per heavy atom. The molecular formula is C20H23N3O3S. The number of hydrogen-bond acceptors (Lipinski definition) is 6. The van der Waals surface area contributed by atoms with Crippen LogP contribution in [0.5, 0.6) is 11.5 Å². The fourth-order valence-electron chi connectivity index (χ4n) is 4.02. The van der Waals surface area contributed by atoms with Gasteiger partial charge in [0.05, 0.1) is 24.9 Å². The van der Waals surface area contributed by atoms with E-state index in [0.29, 0.717) is 17.3 Å². The van der Waals surface area contributed by atoms with E-state index in [1.807, 2.05) is 30.5 Å². The standard InChI is InChI=1S/C20H23N3O3S/c1-12-21-18(11-27-12)23-20(24)15-7-5-4-6-14(15)19(22-23)13-8-9-16(25-2)17(10-13)26-3/h8-11,14-15H,4-7H2,1-3H3/t14-,15+/m0/s1. The van der Waals surface area contributed by atoms with Crippen LogP contribution in [0.2, 0.25) is 0 Å². The van der Waals surface area contributed by atoms with Crippen LogP contribution in [0.1, 0.15) is 36.3 Å². The number of aryl methyl sites for hydroxylation is 1. The van der Waals surface area contributed by atoms with Crippen molar-refractivity contribution in [3.8, 4) is 11.5 Å². The van der Waals surface area contributed by atoms with Gasteiger partial charge in [0.15, 0.2) is 17.3 Å². The number of ether oxygens (including phenoxy) is 2. The number of carbonyl (C=O) groups excluding carboxylic acids is 1. The molecule has 1 aliphatic heterocycles. The van der Waals surface area contributed by atoms with Gasteiger partial charge < -0.3 is 9.47 Å². The summed E-state index contributed by atoms with van der Waals surface area (Å²) in [6.45, 7) is 1.94. The van der Waals surface area contributed by atoms with Crippen LogP contribution >= 0.6 is 11.3 Å². The maximum absolute atomic E-state index is 13.1. The highest BCUT2D eigenvalue weighted by atomic mass is 32.1. The third kappa shape index (κ3) is 3.20. The van der Waals surface area contributed by atoms with E-state index in [2.05, 4.69) is 4.98 Å². The van der Waals surface area contributed by atoms with Gasteiger partial charge in [-0.2, -0.15) is 10.1 Å². The van der Waals surface area contributed by atoms with E-state index in [1.165, 1.54) is 16.3 Å². The van der Waals surface area contributed by atoms with Gasteiger partial charge in [-0.1, -0.05) is 12.8 Å². The summed E-state index contributed by atoms with van der Waals surface area (Å²) in [6, 6.07) is 5.83. The minimum atomic E-state index is -0.0404. The zero-order chi connectivity index (χ0) is 19.0. The zero-order valence-corrected chi connectivity index (χ0v) is 16.6. The molecule has 0 radical (unpaired) electrons. The van der Waals surface area contributed by atoms with Crippen LogP contribution in [0.15, 0.2) is 28.7 Å². The first kappa shape index (κ1) is 18.0. The van der Waals surface area contributed by atoms with Crippen LogP contribution < -0.4 is 14.5 Å². The van der Waals surface area contributed by atoms with Crippen LogP contribution in [0, 0.1) is 18.8 Å². The quantitative estimate of drug-likeness (QED) is 0.797. The number of carbonyl (C=O) groups is 1. The Kier molecular flexibility index (Phi) is 4.86. The molecule has 0 unspecified atom stereocenters. The number of hydrogen-bond donors (Lipinski definition) is 0. The predicted molar refractivity (Wildman–Crippen MR) is 106 cm³/mol. The highest BCUT2D eigenvalue weighted by molar-refractivity contribution is 7.09. The van der Waals surface area contributed by atoms with Crippen molar-refractivity contribution in [3.63, 3.8) is 0 Å². The van der Waals surface area contributed by atoms with E-state index in [-0.39, 0.29) is 17.7 Å². The molecule has 27 heavy (non-hydrogen) atoms. The van der Waals surface area contributed by atoms with E-state index in [9.17, 15) is 4.79 Å². The molecule has 1 aromatic carbocycles. The first-order valence-electron chi connectivity index (χ1n) is 9.19. The molecule has 1 amide bonds. The number of nitrogens with zero attached hydrogens (tertiary/aromatic N) is 3. The number of anilines is 1. The molecule has 1 aliphatic carbocycles. The number of aromatic nitrogens is 1. The van der Waals surface area contributed by atoms with E-state index < -0.39 is 0 Å². The van der Waals surface area contributed by atoms with Gasteiger partial charge in [-0.15, -0.1) is 11.3 Å². The smallest absolute Gasteiger partial charge is 0.252 e. The van der Waals surface area contributed by atoms with Crippen LogP contribution in [-0.4, -0.2) is 30.8 Å². The summed E-state index contributed by atoms with van der Waals surface area (Å²) in [5, 5.41) is 9.10. The highest BCUT2D eigenvalue weighted by Crippen LogP contribution is 2.40. The topological polar surface area (TPSA) is 64.0 Å². The van der Waals surface area contributed by atoms with Crippen molar-refractivity contribution >= 4 is 28.8 Å². The van der Waals surface area contributed by atoms with Crippen LogP contribution in [0.25, 0.3) is 0 Å². The largest absolute Gasteiger partial charge is 0.493 e. The van der Waals surface area contributed by atoms with Gasteiger partial charge in [0, 0.05) is 22.8 Å². The summed E-state index contributed by atoms with van der Waals surface area (Å²) < 4.78 is 10.8. The maximum Gasteiger partial charge on any atom is 0.252 e. The van der Waals surface area contributed by atoms with Gasteiger partial charge in [-0.05, 0) is 38.0 Å². The second-order valence-electron chi connectivity index (χ2n) is 6.93. The van der Waals surface area contributed by atoms with Crippen molar-refractivity contribution in [3.05, 3.63) is 34.2 Å². The zero-order valence-electron chi connectivity index (χ0n) is 15.8. The van der Waals surface area contributed by atoms with Crippen molar-refractivity contribution in [1.29, 1.82) is 0 Å². The lowest BCUT2D eigenvalue weighted by Gasteiger charge is -2.38. The Morgan fingerprint density at radius 3 is 2.52 bits per heavy atom. The second kappa shape index (κ2) is 7.31. The lowest BCUT2D eigenvalue weighted by Crippen LogP contribution is -2.46. The first-order chi connectivity index (χ1) is 13.1. The minimum Gasteiger partial charge on any atom is -0.493 e. The molecule has 0 saturated heterocycles. The van der Waals surface area contributed by atoms with Gasteiger partial charge in [0.1, 0.15) is 0 Å². The molecule has 6 nitrogen and oxygen atoms in total. The Bertz CT molecular complexity index is 892. The summed E-state index contributed by atoms with van der Waals surface area (Å²) >= 11 is 1.53. The Balaban J connectivity index is 1.81. The number of thiazole rings is 1. The normalized spacial score (nSPS) is 22.3. The van der Waals surface area contributed by atoms with Gasteiger partial charge in [-0.25, -0.2) is 4.98 Å². The SMILES string of the molecule is COc1ccc(C2=NN(c3csc(C)n3)C(=O)[C@@H]3CCCC[C@H]23)cc1OC. The Hall–Kier alpha value is -2.41. The molecular weight excluding hydrogens is 362 g/mol. The third-order valence-electron chi connectivity index (χ3n) is 5.35. The number of rotatable bonds is 4. The Labute approximate surface area is 162 Å². The number of fused-ring (bicyclic) bond motifs is 1. The molecule has 2 aliphatic rings. The summed E-state index contributed by atoms with van der Waals surface area (Å²) in [5.74, 6) is 2.12. The van der Waals surface area contributed by atoms with Gasteiger partial charge in [-0.3, -0.25) is 4.79 Å². The van der Waals surface area contributed by atoms with Crippen molar-refractivity contribution in [2.45, 2.75) is 32.6 Å². The average molecular weight is 385 g/mol. The molecule has 2 heterocycles. The lowest BCUT2D eigenvalue weighted by molar-refractivity contribution is -0.124. The molecule has 1 aromatic heterocycles. The second-order valence-corrected chi connectivity index (χ2v) is 7.99. The first-order valence-corrected chi connectivity index (χ1v) is 10.1. The van der Waals surface area contributed by atoms with Gasteiger partial charge in [0.25, 0.3) is 5.91 Å². The van der Waals surface area contributed by atoms with Crippen molar-refractivity contribution in [2.24, 2.45) is 16.9 Å². The average Bonchev–Trinajstić information content (AvgIpc) is 3.14. The molecule has 0 N–H and O–H groups in total. The maximum atomic E-state index is 13.1. The number of benzene rings is 1. The van der Waals surface area contributed by atoms with E-state index >= 15 is 0 Å². The molecule has 2 aromatic rings. The molecule has 1 fully saturated rings. The molecule has 142 valence electrons. The summed E-state index contributed by atoms with van der Waals surface area (Å²) in [6.07, 6.45) is 4.08. The number of hydrazone groups is 1. The molecule has 0 spiro atoms. The van der Waals surface area contributed by atoms with Gasteiger partial charge >= 0.3 is 0 Å². The Morgan fingerprint density at radius 2 is 1.85 bits per heavy atom. The predicted octanol–water partition coefficient (Wildman–Crippen LogP) is 4.03. The highest BCUT2D eigenvalue weighted by Gasteiger charge is 2.42. The number of amides is 1. The van der Waals surface area contributed by atoms with Crippen molar-refractivity contribution in [1.82, 2.24) is 4.98 Å². The molecule has 4 rings (SSSR count). The fourth-order valence-corrected chi connectivity index (χ4v) is 4.60.